The lowest BCUT2D eigenvalue weighted by molar-refractivity contribution is -0.112. The zero-order valence-corrected chi connectivity index (χ0v) is 11.9. The summed E-state index contributed by atoms with van der Waals surface area (Å²) in [5, 5.41) is 14.3. The molecule has 7 heteroatoms. The maximum Gasteiger partial charge on any atom is 0.268 e. The Morgan fingerprint density at radius 2 is 2.32 bits per heavy atom. The highest BCUT2D eigenvalue weighted by Crippen LogP contribution is 2.22. The van der Waals surface area contributed by atoms with E-state index in [0.29, 0.717) is 21.9 Å². The molecular formula is C15H8FN3O2S. The minimum Gasteiger partial charge on any atom is -0.457 e. The lowest BCUT2D eigenvalue weighted by atomic mass is 10.2. The number of nitriles is 1. The molecule has 0 spiro atoms. The molecule has 0 atom stereocenters. The first-order valence-corrected chi connectivity index (χ1v) is 7.05. The Hall–Kier alpha value is -2.98. The molecule has 0 unspecified atom stereocenters. The van der Waals surface area contributed by atoms with Gasteiger partial charge < -0.3 is 4.42 Å². The number of hydrogen-bond acceptors (Lipinski definition) is 5. The number of hydrogen-bond donors (Lipinski definition) is 1. The van der Waals surface area contributed by atoms with Crippen molar-refractivity contribution in [1.82, 2.24) is 4.98 Å². The number of nitrogens with zero attached hydrogens (tertiary/aromatic N) is 2. The molecule has 22 heavy (non-hydrogen) atoms. The Kier molecular flexibility index (Phi) is 3.68. The van der Waals surface area contributed by atoms with Crippen molar-refractivity contribution in [3.05, 3.63) is 53.0 Å². The van der Waals surface area contributed by atoms with Gasteiger partial charge in [0.05, 0.1) is 0 Å². The highest BCUT2D eigenvalue weighted by molar-refractivity contribution is 7.13. The third-order valence-corrected chi connectivity index (χ3v) is 3.49. The number of amides is 1. The maximum atomic E-state index is 13.1. The average Bonchev–Trinajstić information content (AvgIpc) is 3.13. The number of fused-ring (bicyclic) bond motifs is 1. The Morgan fingerprint density at radius 1 is 1.45 bits per heavy atom. The molecule has 0 aliphatic heterocycles. The van der Waals surface area contributed by atoms with E-state index >= 15 is 0 Å². The number of thiazole rings is 1. The summed E-state index contributed by atoms with van der Waals surface area (Å²) in [6.07, 6.45) is 2.85. The number of halogens is 1. The summed E-state index contributed by atoms with van der Waals surface area (Å²) in [7, 11) is 0. The fourth-order valence-electron chi connectivity index (χ4n) is 1.85. The Morgan fingerprint density at radius 3 is 3.05 bits per heavy atom. The molecule has 1 aromatic carbocycles. The molecule has 0 fully saturated rings. The van der Waals surface area contributed by atoms with Crippen LogP contribution in [0.2, 0.25) is 0 Å². The third kappa shape index (κ3) is 2.87. The second kappa shape index (κ2) is 5.79. The number of anilines is 1. The summed E-state index contributed by atoms with van der Waals surface area (Å²) < 4.78 is 18.6. The molecule has 1 N–H and O–H groups in total. The smallest absolute Gasteiger partial charge is 0.268 e. The molecule has 3 rings (SSSR count). The largest absolute Gasteiger partial charge is 0.457 e. The number of carbonyl (C=O) groups excluding carboxylic acids is 1. The van der Waals surface area contributed by atoms with Gasteiger partial charge in [-0.3, -0.25) is 10.1 Å². The van der Waals surface area contributed by atoms with E-state index in [2.05, 4.69) is 10.3 Å². The summed E-state index contributed by atoms with van der Waals surface area (Å²) in [6, 6.07) is 7.46. The number of furan rings is 1. The van der Waals surface area contributed by atoms with Crippen LogP contribution in [0.15, 0.2) is 45.8 Å². The molecule has 0 saturated carbocycles. The van der Waals surface area contributed by atoms with Gasteiger partial charge in [0, 0.05) is 23.0 Å². The molecular weight excluding hydrogens is 305 g/mol. The molecule has 0 aliphatic carbocycles. The lowest BCUT2D eigenvalue weighted by Crippen LogP contribution is -2.13. The maximum absolute atomic E-state index is 13.1. The van der Waals surface area contributed by atoms with E-state index in [0.717, 1.165) is 0 Å². The van der Waals surface area contributed by atoms with Crippen LogP contribution in [0, 0.1) is 17.1 Å². The Labute approximate surface area is 128 Å². The Bertz CT molecular complexity index is 907. The quantitative estimate of drug-likeness (QED) is 0.592. The van der Waals surface area contributed by atoms with E-state index in [4.69, 9.17) is 9.68 Å². The van der Waals surface area contributed by atoms with E-state index < -0.39 is 5.91 Å². The van der Waals surface area contributed by atoms with Crippen molar-refractivity contribution in [3.8, 4) is 6.07 Å². The molecule has 0 aliphatic rings. The molecule has 2 heterocycles. The van der Waals surface area contributed by atoms with Crippen molar-refractivity contribution in [2.75, 3.05) is 5.32 Å². The molecule has 0 radical (unpaired) electrons. The van der Waals surface area contributed by atoms with Crippen LogP contribution >= 0.6 is 11.3 Å². The van der Waals surface area contributed by atoms with Gasteiger partial charge in [-0.1, -0.05) is 0 Å². The van der Waals surface area contributed by atoms with Gasteiger partial charge in [-0.25, -0.2) is 9.37 Å². The van der Waals surface area contributed by atoms with Crippen LogP contribution in [0.5, 0.6) is 0 Å². The first kappa shape index (κ1) is 14.0. The van der Waals surface area contributed by atoms with Gasteiger partial charge in [0.1, 0.15) is 28.8 Å². The van der Waals surface area contributed by atoms with Gasteiger partial charge in [0.25, 0.3) is 5.91 Å². The van der Waals surface area contributed by atoms with Crippen molar-refractivity contribution in [3.63, 3.8) is 0 Å². The third-order valence-electron chi connectivity index (χ3n) is 2.80. The lowest BCUT2D eigenvalue weighted by Gasteiger charge is -1.98. The number of benzene rings is 1. The number of aromatic nitrogens is 1. The van der Waals surface area contributed by atoms with Crippen LogP contribution in [0.25, 0.3) is 17.0 Å². The number of carbonyl (C=O) groups is 1. The van der Waals surface area contributed by atoms with Gasteiger partial charge in [0.15, 0.2) is 5.13 Å². The summed E-state index contributed by atoms with van der Waals surface area (Å²) in [6.45, 7) is 0. The monoisotopic (exact) mass is 313 g/mol. The van der Waals surface area contributed by atoms with Crippen molar-refractivity contribution >= 4 is 39.4 Å². The van der Waals surface area contributed by atoms with Crippen LogP contribution in [0.3, 0.4) is 0 Å². The summed E-state index contributed by atoms with van der Waals surface area (Å²) in [5.41, 5.74) is 0.347. The predicted molar refractivity (Wildman–Crippen MR) is 80.5 cm³/mol. The highest BCUT2D eigenvalue weighted by atomic mass is 32.1. The van der Waals surface area contributed by atoms with E-state index in [1.165, 1.54) is 35.6 Å². The standard InChI is InChI=1S/C15H8FN3O2S/c16-11-1-2-13-9(5-11)6-12(21-13)7-10(8-17)14(20)19-15-18-3-4-22-15/h1-7H,(H,18,19,20). The van der Waals surface area contributed by atoms with Crippen molar-refractivity contribution in [1.29, 1.82) is 5.26 Å². The fraction of sp³-hybridized carbons (Fsp3) is 0. The van der Waals surface area contributed by atoms with Gasteiger partial charge >= 0.3 is 0 Å². The SMILES string of the molecule is N#CC(=Cc1cc2cc(F)ccc2o1)C(=O)Nc1nccs1. The number of nitrogens with one attached hydrogen (secondary N) is 1. The topological polar surface area (TPSA) is 78.9 Å². The average molecular weight is 313 g/mol. The van der Waals surface area contributed by atoms with E-state index in [1.54, 1.807) is 17.6 Å². The second-order valence-electron chi connectivity index (χ2n) is 4.29. The molecule has 0 bridgehead atoms. The molecule has 0 saturated heterocycles. The molecule has 1 amide bonds. The van der Waals surface area contributed by atoms with Gasteiger partial charge in [0.2, 0.25) is 0 Å². The van der Waals surface area contributed by atoms with Crippen molar-refractivity contribution < 1.29 is 13.6 Å². The first-order valence-electron chi connectivity index (χ1n) is 6.17. The molecule has 3 aromatic rings. The molecule has 108 valence electrons. The van der Waals surface area contributed by atoms with Crippen LogP contribution < -0.4 is 5.32 Å². The van der Waals surface area contributed by atoms with Crippen molar-refractivity contribution in [2.24, 2.45) is 0 Å². The predicted octanol–water partition coefficient (Wildman–Crippen LogP) is 3.57. The summed E-state index contributed by atoms with van der Waals surface area (Å²) in [4.78, 5) is 15.9. The minimum absolute atomic E-state index is 0.130. The molecule has 2 aromatic heterocycles. The minimum atomic E-state index is -0.580. The molecule has 5 nitrogen and oxygen atoms in total. The highest BCUT2D eigenvalue weighted by Gasteiger charge is 2.12. The Balaban J connectivity index is 1.89. The van der Waals surface area contributed by atoms with E-state index in [9.17, 15) is 9.18 Å². The fourth-order valence-corrected chi connectivity index (χ4v) is 2.37. The number of rotatable bonds is 3. The normalized spacial score (nSPS) is 11.4. The van der Waals surface area contributed by atoms with Crippen molar-refractivity contribution in [2.45, 2.75) is 0 Å². The zero-order valence-electron chi connectivity index (χ0n) is 11.0. The van der Waals surface area contributed by atoms with Crippen LogP contribution in [0.4, 0.5) is 9.52 Å². The zero-order chi connectivity index (χ0) is 15.5. The van der Waals surface area contributed by atoms with Gasteiger partial charge in [-0.05, 0) is 24.3 Å². The van der Waals surface area contributed by atoms with Gasteiger partial charge in [-0.15, -0.1) is 11.3 Å². The van der Waals surface area contributed by atoms with E-state index in [-0.39, 0.29) is 11.4 Å². The first-order chi connectivity index (χ1) is 10.7. The van der Waals surface area contributed by atoms with Crippen LogP contribution in [-0.4, -0.2) is 10.9 Å². The summed E-state index contributed by atoms with van der Waals surface area (Å²) >= 11 is 1.25. The van der Waals surface area contributed by atoms with Crippen LogP contribution in [-0.2, 0) is 4.79 Å². The summed E-state index contributed by atoms with van der Waals surface area (Å²) in [5.74, 6) is -0.665. The van der Waals surface area contributed by atoms with Gasteiger partial charge in [-0.2, -0.15) is 5.26 Å². The second-order valence-corrected chi connectivity index (χ2v) is 5.19. The van der Waals surface area contributed by atoms with E-state index in [1.807, 2.05) is 6.07 Å². The van der Waals surface area contributed by atoms with Crippen LogP contribution in [0.1, 0.15) is 5.76 Å².